The van der Waals surface area contributed by atoms with Gasteiger partial charge in [-0.3, -0.25) is 4.99 Å². The maximum Gasteiger partial charge on any atom is 0.213 e. The van der Waals surface area contributed by atoms with Gasteiger partial charge in [0.05, 0.1) is 6.61 Å². The van der Waals surface area contributed by atoms with Crippen molar-refractivity contribution in [2.45, 2.75) is 58.5 Å². The van der Waals surface area contributed by atoms with Crippen LogP contribution in [0.3, 0.4) is 0 Å². The lowest BCUT2D eigenvalue weighted by atomic mass is 10.0. The molecule has 1 saturated heterocycles. The molecule has 6 heteroatoms. The number of nitrogens with one attached hydrogen (secondary N) is 2. The second kappa shape index (κ2) is 11.7. The average Bonchev–Trinajstić information content (AvgIpc) is 2.68. The highest BCUT2D eigenvalue weighted by molar-refractivity contribution is 5.79. The normalized spacial score (nSPS) is 18.6. The van der Waals surface area contributed by atoms with Crippen LogP contribution in [0.15, 0.2) is 23.3 Å². The molecule has 1 aliphatic rings. The fraction of sp³-hybridized carbons (Fsp3) is 0.700. The minimum atomic E-state index is 0.685. The number of ether oxygens (including phenoxy) is 1. The smallest absolute Gasteiger partial charge is 0.213 e. The van der Waals surface area contributed by atoms with Crippen molar-refractivity contribution < 1.29 is 4.74 Å². The molecule has 6 nitrogen and oxygen atoms in total. The zero-order chi connectivity index (χ0) is 18.6. The van der Waals surface area contributed by atoms with Crippen LogP contribution in [0.4, 0.5) is 0 Å². The lowest BCUT2D eigenvalue weighted by Crippen LogP contribution is -2.41. The van der Waals surface area contributed by atoms with E-state index in [1.165, 1.54) is 25.8 Å². The van der Waals surface area contributed by atoms with E-state index in [1.807, 2.05) is 25.4 Å². The van der Waals surface area contributed by atoms with Gasteiger partial charge in [-0.2, -0.15) is 0 Å². The van der Waals surface area contributed by atoms with Crippen molar-refractivity contribution in [3.63, 3.8) is 0 Å². The fourth-order valence-corrected chi connectivity index (χ4v) is 3.19. The average molecular weight is 362 g/mol. The third-order valence-corrected chi connectivity index (χ3v) is 4.79. The van der Waals surface area contributed by atoms with Crippen LogP contribution in [0.25, 0.3) is 0 Å². The first kappa shape index (κ1) is 20.5. The molecule has 0 aromatic carbocycles. The number of rotatable bonds is 9. The van der Waals surface area contributed by atoms with Crippen LogP contribution in [0, 0.1) is 0 Å². The Hall–Kier alpha value is -1.82. The summed E-state index contributed by atoms with van der Waals surface area (Å²) >= 11 is 0. The van der Waals surface area contributed by atoms with Crippen LogP contribution in [-0.4, -0.2) is 55.2 Å². The highest BCUT2D eigenvalue weighted by Gasteiger charge is 2.17. The molecule has 26 heavy (non-hydrogen) atoms. The summed E-state index contributed by atoms with van der Waals surface area (Å²) in [7, 11) is 1.81. The third kappa shape index (κ3) is 7.20. The molecule has 1 unspecified atom stereocenters. The molecule has 1 atom stereocenters. The zero-order valence-corrected chi connectivity index (χ0v) is 16.6. The van der Waals surface area contributed by atoms with Gasteiger partial charge >= 0.3 is 0 Å². The molecule has 2 N–H and O–H groups in total. The monoisotopic (exact) mass is 361 g/mol. The highest BCUT2D eigenvalue weighted by atomic mass is 16.5. The molecule has 0 saturated carbocycles. The van der Waals surface area contributed by atoms with E-state index in [4.69, 9.17) is 4.74 Å². The first-order valence-electron chi connectivity index (χ1n) is 9.99. The number of aliphatic imine (C=N–C) groups is 1. The largest absolute Gasteiger partial charge is 0.478 e. The van der Waals surface area contributed by atoms with Crippen LogP contribution < -0.4 is 15.4 Å². The number of hydrogen-bond donors (Lipinski definition) is 2. The summed E-state index contributed by atoms with van der Waals surface area (Å²) in [5.41, 5.74) is 1.11. The first-order chi connectivity index (χ1) is 12.7. The Morgan fingerprint density at radius 3 is 2.92 bits per heavy atom. The molecule has 0 bridgehead atoms. The van der Waals surface area contributed by atoms with Crippen molar-refractivity contribution in [1.82, 2.24) is 20.5 Å². The summed E-state index contributed by atoms with van der Waals surface area (Å²) in [6, 6.07) is 4.69. The summed E-state index contributed by atoms with van der Waals surface area (Å²) in [4.78, 5) is 11.2. The summed E-state index contributed by atoms with van der Waals surface area (Å²) in [5, 5.41) is 6.74. The van der Waals surface area contributed by atoms with Gasteiger partial charge < -0.3 is 20.3 Å². The first-order valence-corrected chi connectivity index (χ1v) is 9.99. The van der Waals surface area contributed by atoms with Gasteiger partial charge in [-0.25, -0.2) is 4.98 Å². The lowest BCUT2D eigenvalue weighted by Gasteiger charge is -2.33. The second-order valence-electron chi connectivity index (χ2n) is 6.94. The van der Waals surface area contributed by atoms with Gasteiger partial charge in [-0.05, 0) is 44.7 Å². The Labute approximate surface area is 158 Å². The van der Waals surface area contributed by atoms with E-state index < -0.39 is 0 Å². The van der Waals surface area contributed by atoms with Crippen LogP contribution in [-0.2, 0) is 6.54 Å². The van der Waals surface area contributed by atoms with Crippen molar-refractivity contribution in [3.05, 3.63) is 23.9 Å². The number of guanidine groups is 1. The maximum atomic E-state index is 5.51. The summed E-state index contributed by atoms with van der Waals surface area (Å²) < 4.78 is 5.51. The van der Waals surface area contributed by atoms with E-state index >= 15 is 0 Å². The molecule has 0 amide bonds. The lowest BCUT2D eigenvalue weighted by molar-refractivity contribution is 0.159. The van der Waals surface area contributed by atoms with Crippen LogP contribution in [0.1, 0.15) is 51.5 Å². The third-order valence-electron chi connectivity index (χ3n) is 4.79. The topological polar surface area (TPSA) is 61.8 Å². The molecule has 0 spiro atoms. The fourth-order valence-electron chi connectivity index (χ4n) is 3.19. The highest BCUT2D eigenvalue weighted by Crippen LogP contribution is 2.16. The van der Waals surface area contributed by atoms with E-state index in [1.54, 1.807) is 0 Å². The summed E-state index contributed by atoms with van der Waals surface area (Å²) in [5.74, 6) is 1.52. The predicted molar refractivity (Wildman–Crippen MR) is 108 cm³/mol. The van der Waals surface area contributed by atoms with E-state index in [0.717, 1.165) is 43.5 Å². The second-order valence-corrected chi connectivity index (χ2v) is 6.94. The Kier molecular flexibility index (Phi) is 9.24. The molecule has 0 aliphatic carbocycles. The van der Waals surface area contributed by atoms with Gasteiger partial charge in [0, 0.05) is 45.0 Å². The van der Waals surface area contributed by atoms with Gasteiger partial charge in [0.2, 0.25) is 5.88 Å². The predicted octanol–water partition coefficient (Wildman–Crippen LogP) is 2.80. The molecule has 1 fully saturated rings. The number of hydrogen-bond acceptors (Lipinski definition) is 4. The van der Waals surface area contributed by atoms with Crippen LogP contribution in [0.2, 0.25) is 0 Å². The van der Waals surface area contributed by atoms with Crippen molar-refractivity contribution in [1.29, 1.82) is 0 Å². The minimum Gasteiger partial charge on any atom is -0.478 e. The molecule has 1 aliphatic heterocycles. The zero-order valence-electron chi connectivity index (χ0n) is 16.6. The molecule has 146 valence electrons. The number of likely N-dealkylation sites (tertiary alicyclic amines) is 1. The molecule has 1 aromatic rings. The van der Waals surface area contributed by atoms with E-state index in [2.05, 4.69) is 39.4 Å². The van der Waals surface area contributed by atoms with Crippen LogP contribution >= 0.6 is 0 Å². The van der Waals surface area contributed by atoms with Gasteiger partial charge in [0.25, 0.3) is 0 Å². The van der Waals surface area contributed by atoms with Crippen molar-refractivity contribution >= 4 is 5.96 Å². The number of piperidine rings is 1. The quantitative estimate of drug-likeness (QED) is 0.402. The summed E-state index contributed by atoms with van der Waals surface area (Å²) in [6.45, 7) is 9.18. The van der Waals surface area contributed by atoms with Gasteiger partial charge in [0.1, 0.15) is 0 Å². The molecular formula is C20H35N5O. The van der Waals surface area contributed by atoms with Gasteiger partial charge in [-0.1, -0.05) is 19.4 Å². The molecule has 0 radical (unpaired) electrons. The Morgan fingerprint density at radius 1 is 1.35 bits per heavy atom. The van der Waals surface area contributed by atoms with Gasteiger partial charge in [0.15, 0.2) is 5.96 Å². The van der Waals surface area contributed by atoms with E-state index in [0.29, 0.717) is 19.0 Å². The number of aromatic nitrogens is 1. The number of pyridine rings is 1. The molecule has 2 heterocycles. The maximum absolute atomic E-state index is 5.51. The Bertz CT molecular complexity index is 532. The molecular weight excluding hydrogens is 326 g/mol. The Morgan fingerprint density at radius 2 is 2.23 bits per heavy atom. The minimum absolute atomic E-state index is 0.685. The number of nitrogens with zero attached hydrogens (tertiary/aromatic N) is 3. The molecule has 2 rings (SSSR count). The Balaban J connectivity index is 1.64. The van der Waals surface area contributed by atoms with E-state index in [-0.39, 0.29) is 0 Å². The van der Waals surface area contributed by atoms with Crippen molar-refractivity contribution in [2.75, 3.05) is 33.3 Å². The SMILES string of the molecule is CCCOc1ccc(CNC(=NC)NCCCN2CCCCC2C)cn1. The van der Waals surface area contributed by atoms with Gasteiger partial charge in [-0.15, -0.1) is 0 Å². The standard InChI is InChI=1S/C20H35N5O/c1-4-14-26-19-10-9-18(15-23-19)16-24-20(21-3)22-11-7-13-25-12-6-5-8-17(25)2/h9-10,15,17H,4-8,11-14,16H2,1-3H3,(H2,21,22,24). The molecule has 1 aromatic heterocycles. The van der Waals surface area contributed by atoms with E-state index in [9.17, 15) is 0 Å². The van der Waals surface area contributed by atoms with Crippen molar-refractivity contribution in [2.24, 2.45) is 4.99 Å². The van der Waals surface area contributed by atoms with Crippen LogP contribution in [0.5, 0.6) is 5.88 Å². The summed E-state index contributed by atoms with van der Waals surface area (Å²) in [6.07, 6.45) is 8.04. The van der Waals surface area contributed by atoms with Crippen molar-refractivity contribution in [3.8, 4) is 5.88 Å².